The molecule has 0 aliphatic heterocycles. The third-order valence-electron chi connectivity index (χ3n) is 5.55. The molecule has 3 heteroatoms. The van der Waals surface area contributed by atoms with Crippen LogP contribution in [0.2, 0.25) is 0 Å². The Morgan fingerprint density at radius 2 is 1.86 bits per heavy atom. The van der Waals surface area contributed by atoms with Crippen LogP contribution in [0, 0.1) is 12.8 Å². The van der Waals surface area contributed by atoms with Gasteiger partial charge >= 0.3 is 0 Å². The summed E-state index contributed by atoms with van der Waals surface area (Å²) in [5, 5.41) is 0. The van der Waals surface area contributed by atoms with Crippen molar-refractivity contribution in [2.45, 2.75) is 79.3 Å². The third-order valence-corrected chi connectivity index (χ3v) is 5.55. The molecule has 154 valence electrons. The third kappa shape index (κ3) is 6.54. The average molecular weight is 383 g/mol. The second kappa shape index (κ2) is 11.7. The van der Waals surface area contributed by atoms with Gasteiger partial charge in [-0.25, -0.2) is 0 Å². The minimum absolute atomic E-state index is 0.164. The number of unbranched alkanes of at least 4 members (excludes halogenated alkanes) is 2. The van der Waals surface area contributed by atoms with Gasteiger partial charge < -0.3 is 9.47 Å². The quantitative estimate of drug-likeness (QED) is 0.429. The molecule has 1 heterocycles. The lowest BCUT2D eigenvalue weighted by molar-refractivity contribution is -0.136. The largest absolute Gasteiger partial charge is 0.345 e. The van der Waals surface area contributed by atoms with E-state index in [2.05, 4.69) is 79.8 Å². The fourth-order valence-electron chi connectivity index (χ4n) is 3.78. The molecule has 1 unspecified atom stereocenters. The molecule has 0 bridgehead atoms. The zero-order valence-corrected chi connectivity index (χ0v) is 18.3. The molecule has 2 aromatic rings. The minimum Gasteiger partial charge on any atom is -0.345 e. The lowest BCUT2D eigenvalue weighted by Gasteiger charge is -2.27. The van der Waals surface area contributed by atoms with Crippen LogP contribution in [-0.2, 0) is 17.9 Å². The number of carbonyl (C=O) groups excluding carboxylic acids is 1. The van der Waals surface area contributed by atoms with E-state index in [1.54, 1.807) is 0 Å². The maximum absolute atomic E-state index is 13.2. The molecule has 0 fully saturated rings. The van der Waals surface area contributed by atoms with Gasteiger partial charge in [0.2, 0.25) is 5.91 Å². The van der Waals surface area contributed by atoms with Crippen LogP contribution in [-0.4, -0.2) is 21.9 Å². The van der Waals surface area contributed by atoms with Gasteiger partial charge in [-0.1, -0.05) is 69.9 Å². The number of aromatic nitrogens is 1. The zero-order valence-electron chi connectivity index (χ0n) is 18.3. The standard InChI is InChI=1S/C25H38N2O/c1-5-8-14-23(7-3)25(28)27(16-9-6-2)20-24-15-11-17-26(24)19-22-13-10-12-21(4)18-22/h10-13,15,17-18,23H,5-9,14,16,19-20H2,1-4H3. The smallest absolute Gasteiger partial charge is 0.226 e. The highest BCUT2D eigenvalue weighted by atomic mass is 16.2. The lowest BCUT2D eigenvalue weighted by atomic mass is 9.97. The van der Waals surface area contributed by atoms with E-state index in [4.69, 9.17) is 0 Å². The molecule has 1 atom stereocenters. The summed E-state index contributed by atoms with van der Waals surface area (Å²) in [5.41, 5.74) is 3.81. The number of aryl methyl sites for hydroxylation is 1. The predicted molar refractivity (Wildman–Crippen MR) is 118 cm³/mol. The van der Waals surface area contributed by atoms with Crippen molar-refractivity contribution in [2.24, 2.45) is 5.92 Å². The Bertz CT molecular complexity index is 719. The Morgan fingerprint density at radius 1 is 1.07 bits per heavy atom. The Labute approximate surface area is 171 Å². The zero-order chi connectivity index (χ0) is 20.4. The molecule has 1 amide bonds. The van der Waals surface area contributed by atoms with Crippen LogP contribution < -0.4 is 0 Å². The Hall–Kier alpha value is -2.03. The number of hydrogen-bond acceptors (Lipinski definition) is 1. The number of hydrogen-bond donors (Lipinski definition) is 0. The first kappa shape index (κ1) is 22.3. The topological polar surface area (TPSA) is 25.2 Å². The van der Waals surface area contributed by atoms with E-state index in [0.29, 0.717) is 12.5 Å². The highest BCUT2D eigenvalue weighted by Crippen LogP contribution is 2.19. The maximum Gasteiger partial charge on any atom is 0.226 e. The highest BCUT2D eigenvalue weighted by Gasteiger charge is 2.23. The van der Waals surface area contributed by atoms with E-state index >= 15 is 0 Å². The highest BCUT2D eigenvalue weighted by molar-refractivity contribution is 5.78. The van der Waals surface area contributed by atoms with Crippen molar-refractivity contribution in [3.63, 3.8) is 0 Å². The fraction of sp³-hybridized carbons (Fsp3) is 0.560. The molecule has 0 aliphatic carbocycles. The van der Waals surface area contributed by atoms with Gasteiger partial charge in [-0.15, -0.1) is 0 Å². The van der Waals surface area contributed by atoms with Crippen LogP contribution in [0.5, 0.6) is 0 Å². The van der Waals surface area contributed by atoms with Crippen molar-refractivity contribution < 1.29 is 4.79 Å². The van der Waals surface area contributed by atoms with Crippen molar-refractivity contribution in [3.8, 4) is 0 Å². The van der Waals surface area contributed by atoms with Crippen molar-refractivity contribution in [3.05, 3.63) is 59.4 Å². The number of rotatable bonds is 12. The monoisotopic (exact) mass is 382 g/mol. The number of benzene rings is 1. The van der Waals surface area contributed by atoms with Gasteiger partial charge in [-0.05, 0) is 43.9 Å². The molecule has 3 nitrogen and oxygen atoms in total. The van der Waals surface area contributed by atoms with Gasteiger partial charge in [-0.3, -0.25) is 4.79 Å². The minimum atomic E-state index is 0.164. The first-order valence-electron chi connectivity index (χ1n) is 11.1. The van der Waals surface area contributed by atoms with Gasteiger partial charge in [0.15, 0.2) is 0 Å². The predicted octanol–water partition coefficient (Wildman–Crippen LogP) is 6.19. The van der Waals surface area contributed by atoms with Crippen LogP contribution in [0.4, 0.5) is 0 Å². The summed E-state index contributed by atoms with van der Waals surface area (Å²) in [6.45, 7) is 11.1. The van der Waals surface area contributed by atoms with E-state index in [9.17, 15) is 4.79 Å². The molecular weight excluding hydrogens is 344 g/mol. The summed E-state index contributed by atoms with van der Waals surface area (Å²) in [6, 6.07) is 12.9. The summed E-state index contributed by atoms with van der Waals surface area (Å²) in [7, 11) is 0. The van der Waals surface area contributed by atoms with E-state index in [1.807, 2.05) is 0 Å². The van der Waals surface area contributed by atoms with Gasteiger partial charge in [0.25, 0.3) is 0 Å². The molecular formula is C25H38N2O. The Balaban J connectivity index is 2.13. The second-order valence-corrected chi connectivity index (χ2v) is 7.98. The van der Waals surface area contributed by atoms with Crippen molar-refractivity contribution >= 4 is 5.91 Å². The van der Waals surface area contributed by atoms with Gasteiger partial charge in [0.1, 0.15) is 0 Å². The average Bonchev–Trinajstić information content (AvgIpc) is 3.12. The van der Waals surface area contributed by atoms with Gasteiger partial charge in [0.05, 0.1) is 6.54 Å². The fourth-order valence-corrected chi connectivity index (χ4v) is 3.78. The Kier molecular flexibility index (Phi) is 9.33. The summed E-state index contributed by atoms with van der Waals surface area (Å²) < 4.78 is 2.29. The van der Waals surface area contributed by atoms with Crippen LogP contribution >= 0.6 is 0 Å². The number of nitrogens with zero attached hydrogens (tertiary/aromatic N) is 2. The van der Waals surface area contributed by atoms with Crippen LogP contribution in [0.3, 0.4) is 0 Å². The summed E-state index contributed by atoms with van der Waals surface area (Å²) in [4.78, 5) is 15.3. The van der Waals surface area contributed by atoms with Crippen LogP contribution in [0.1, 0.15) is 76.1 Å². The second-order valence-electron chi connectivity index (χ2n) is 7.98. The summed E-state index contributed by atoms with van der Waals surface area (Å²) in [5.74, 6) is 0.504. The molecule has 1 aromatic carbocycles. The maximum atomic E-state index is 13.2. The summed E-state index contributed by atoms with van der Waals surface area (Å²) in [6.07, 6.45) is 8.54. The van der Waals surface area contributed by atoms with Gasteiger partial charge in [-0.2, -0.15) is 0 Å². The molecule has 0 spiro atoms. The molecule has 0 saturated carbocycles. The van der Waals surface area contributed by atoms with E-state index in [0.717, 1.165) is 51.6 Å². The number of carbonyl (C=O) groups is 1. The van der Waals surface area contributed by atoms with Gasteiger partial charge in [0, 0.05) is 30.9 Å². The molecule has 0 aliphatic rings. The van der Waals surface area contributed by atoms with E-state index < -0.39 is 0 Å². The van der Waals surface area contributed by atoms with E-state index in [-0.39, 0.29) is 5.92 Å². The summed E-state index contributed by atoms with van der Waals surface area (Å²) >= 11 is 0. The van der Waals surface area contributed by atoms with Crippen LogP contribution in [0.25, 0.3) is 0 Å². The molecule has 2 rings (SSSR count). The van der Waals surface area contributed by atoms with Crippen LogP contribution in [0.15, 0.2) is 42.6 Å². The number of amides is 1. The van der Waals surface area contributed by atoms with Crippen molar-refractivity contribution in [1.29, 1.82) is 0 Å². The normalized spacial score (nSPS) is 12.1. The molecule has 0 N–H and O–H groups in total. The van der Waals surface area contributed by atoms with E-state index in [1.165, 1.54) is 16.8 Å². The van der Waals surface area contributed by atoms with Crippen molar-refractivity contribution in [2.75, 3.05) is 6.54 Å². The molecule has 1 aromatic heterocycles. The first-order chi connectivity index (χ1) is 13.6. The molecule has 0 saturated heterocycles. The molecule has 0 radical (unpaired) electrons. The lowest BCUT2D eigenvalue weighted by Crippen LogP contribution is -2.37. The Morgan fingerprint density at radius 3 is 2.54 bits per heavy atom. The molecule has 28 heavy (non-hydrogen) atoms. The first-order valence-corrected chi connectivity index (χ1v) is 11.1. The SMILES string of the molecule is CCCCC(CC)C(=O)N(CCCC)Cc1cccn1Cc1cccc(C)c1. The van der Waals surface area contributed by atoms with Crippen molar-refractivity contribution in [1.82, 2.24) is 9.47 Å².